The highest BCUT2D eigenvalue weighted by molar-refractivity contribution is 7.80. The number of benzene rings is 2. The highest BCUT2D eigenvalue weighted by Crippen LogP contribution is 2.21. The van der Waals surface area contributed by atoms with Gasteiger partial charge in [0.05, 0.1) is 51.7 Å². The van der Waals surface area contributed by atoms with Crippen molar-refractivity contribution in [1.82, 2.24) is 95.3 Å². The number of aliphatic hydroxyl groups is 5. The van der Waals surface area contributed by atoms with Gasteiger partial charge in [-0.1, -0.05) is 96.8 Å². The molecule has 49 heteroatoms. The molecule has 2 aromatic rings. The molecule has 0 aromatic heterocycles. The second kappa shape index (κ2) is 62.0. The number of nitrogens with one attached hydrogen (secondary N) is 17. The highest BCUT2D eigenvalue weighted by atomic mass is 32.1. The van der Waals surface area contributed by atoms with E-state index in [1.54, 1.807) is 71.9 Å². The molecule has 0 aliphatic carbocycles. The summed E-state index contributed by atoms with van der Waals surface area (Å²) in [6.45, 7) is 8.60. The predicted octanol–water partition coefficient (Wildman–Crippen LogP) is -9.46. The van der Waals surface area contributed by atoms with Crippen molar-refractivity contribution < 1.29 is 127 Å². The van der Waals surface area contributed by atoms with Crippen LogP contribution in [0.4, 0.5) is 0 Å². The van der Waals surface area contributed by atoms with Crippen LogP contribution in [0.15, 0.2) is 54.6 Å². The van der Waals surface area contributed by atoms with Crippen LogP contribution in [-0.2, 0) is 104 Å². The molecular weight excluding hydrogens is 1800 g/mol. The van der Waals surface area contributed by atoms with Crippen LogP contribution in [0.25, 0.3) is 0 Å². The summed E-state index contributed by atoms with van der Waals surface area (Å²) in [7, 11) is 0. The van der Waals surface area contributed by atoms with Crippen molar-refractivity contribution in [2.24, 2.45) is 40.7 Å². The third kappa shape index (κ3) is 41.0. The molecule has 2 aromatic carbocycles. The van der Waals surface area contributed by atoms with Crippen molar-refractivity contribution in [3.63, 3.8) is 0 Å². The first-order valence-electron chi connectivity index (χ1n) is 45.4. The van der Waals surface area contributed by atoms with Crippen LogP contribution in [0.1, 0.15) is 157 Å². The summed E-state index contributed by atoms with van der Waals surface area (Å²) in [5.74, 6) is -21.3. The van der Waals surface area contributed by atoms with Gasteiger partial charge in [-0.05, 0) is 152 Å². The van der Waals surface area contributed by atoms with E-state index in [2.05, 4.69) is 97.7 Å². The number of phenols is 1. The number of hydrogen-bond donors (Lipinski definition) is 29. The van der Waals surface area contributed by atoms with E-state index in [0.29, 0.717) is 62.6 Å². The fourth-order valence-corrected chi connectivity index (χ4v) is 14.2. The quantitative estimate of drug-likeness (QED) is 0.0216. The average molecular weight is 1940 g/mol. The van der Waals surface area contributed by atoms with E-state index >= 15 is 0 Å². The van der Waals surface area contributed by atoms with E-state index in [1.165, 1.54) is 43.0 Å². The molecule has 762 valence electrons. The normalized spacial score (nSPS) is 16.3. The Hall–Kier alpha value is -11.8. The number of nitrogens with two attached hydrogens (primary N) is 4. The maximum Gasteiger partial charge on any atom is 0.328 e. The Labute approximate surface area is 794 Å². The second-order valence-corrected chi connectivity index (χ2v) is 34.4. The van der Waals surface area contributed by atoms with Crippen LogP contribution in [0.5, 0.6) is 5.75 Å². The van der Waals surface area contributed by atoms with E-state index in [1.807, 2.05) is 5.32 Å². The number of carboxylic acid groups (broad SMARTS) is 1. The molecule has 0 radical (unpaired) electrons. The lowest BCUT2D eigenvalue weighted by Crippen LogP contribution is -2.62. The molecule has 0 bridgehead atoms. The summed E-state index contributed by atoms with van der Waals surface area (Å²) < 4.78 is 0. The SMILES string of the molecule is CC[C@H](C)[C@H](NC(=O)[C@H](Cc1ccc(O)cc1)NC(=O)CNC(=O)[C@H](CO)NC(=O)[C@H](C)NC(=O)[C@H](CCCCN)NC(=O)[C@H](CS)NC(=O)[C@H](CO)NC(=O)[C@H](CC(C)C)NC(=O)[C@H](CCCCN)NC(=O)[C@@H](NC(=O)[C@H](CO)NC(=O)[C@H](C)NC(=O)CNC(=O)[C@@H]1CCCN1C(=O)[C@@H](N)CCCCN)C(C)C)C(=O)N[C@@H](Cc1ccccc1)C(=O)N[C@H](C(=O)N[C@@H](CO)C(=O)O)[C@@H](C)O. The number of amides is 18. The lowest BCUT2D eigenvalue weighted by Gasteiger charge is -2.29. The van der Waals surface area contributed by atoms with Gasteiger partial charge in [-0.2, -0.15) is 12.6 Å². The number of carbonyl (C=O) groups excluding carboxylic acids is 18. The summed E-state index contributed by atoms with van der Waals surface area (Å²) >= 11 is 4.23. The van der Waals surface area contributed by atoms with E-state index in [0.717, 1.165) is 6.92 Å². The van der Waals surface area contributed by atoms with Gasteiger partial charge < -0.3 is 154 Å². The minimum absolute atomic E-state index is 0.0731. The van der Waals surface area contributed by atoms with Gasteiger partial charge in [0.15, 0.2) is 0 Å². The summed E-state index contributed by atoms with van der Waals surface area (Å²) in [5, 5.41) is 112. The Morgan fingerprint density at radius 2 is 0.809 bits per heavy atom. The number of aromatic hydroxyl groups is 1. The summed E-state index contributed by atoms with van der Waals surface area (Å²) in [5.41, 5.74) is 24.0. The minimum atomic E-state index is -1.83. The Kier molecular flexibility index (Phi) is 54.0. The minimum Gasteiger partial charge on any atom is -0.508 e. The second-order valence-electron chi connectivity index (χ2n) is 34.0. The highest BCUT2D eigenvalue weighted by Gasteiger charge is 2.42. The third-order valence-electron chi connectivity index (χ3n) is 22.1. The molecule has 136 heavy (non-hydrogen) atoms. The molecule has 18 amide bonds. The zero-order chi connectivity index (χ0) is 102. The van der Waals surface area contributed by atoms with Crippen molar-refractivity contribution in [1.29, 1.82) is 0 Å². The molecule has 0 unspecified atom stereocenters. The molecule has 3 rings (SSSR count). The summed E-state index contributed by atoms with van der Waals surface area (Å²) in [4.78, 5) is 262. The van der Waals surface area contributed by atoms with Crippen LogP contribution < -0.4 is 113 Å². The number of carboxylic acids is 1. The van der Waals surface area contributed by atoms with Gasteiger partial charge in [-0.3, -0.25) is 86.3 Å². The van der Waals surface area contributed by atoms with Crippen LogP contribution in [0.2, 0.25) is 0 Å². The number of unbranched alkanes of at least 4 members (excludes halogenated alkanes) is 3. The topological polar surface area (TPSA) is 778 Å². The van der Waals surface area contributed by atoms with Gasteiger partial charge in [0, 0.05) is 25.1 Å². The molecule has 48 nitrogen and oxygen atoms in total. The Bertz CT molecular complexity index is 4280. The molecule has 1 saturated heterocycles. The van der Waals surface area contributed by atoms with Crippen molar-refractivity contribution in [3.8, 4) is 5.75 Å². The average Bonchev–Trinajstić information content (AvgIpc) is 1.80. The first-order valence-corrected chi connectivity index (χ1v) is 46.0. The number of likely N-dealkylation sites (tertiary alicyclic amines) is 1. The van der Waals surface area contributed by atoms with Gasteiger partial charge >= 0.3 is 5.97 Å². The number of aliphatic carboxylic acids is 1. The van der Waals surface area contributed by atoms with Crippen molar-refractivity contribution in [3.05, 3.63) is 65.7 Å². The lowest BCUT2D eigenvalue weighted by molar-refractivity contribution is -0.144. The molecule has 0 spiro atoms. The molecule has 1 heterocycles. The number of nitrogens with zero attached hydrogens (tertiary/aromatic N) is 1. The molecule has 1 fully saturated rings. The van der Waals surface area contributed by atoms with Crippen molar-refractivity contribution >= 4 is 125 Å². The monoisotopic (exact) mass is 1940 g/mol. The third-order valence-corrected chi connectivity index (χ3v) is 22.5. The molecule has 19 atom stereocenters. The zero-order valence-electron chi connectivity index (χ0n) is 78.3. The number of rotatable bonds is 63. The largest absolute Gasteiger partial charge is 0.508 e. The Balaban J connectivity index is 1.72. The number of carbonyl (C=O) groups is 19. The van der Waals surface area contributed by atoms with Gasteiger partial charge in [0.2, 0.25) is 106 Å². The predicted molar refractivity (Wildman–Crippen MR) is 495 cm³/mol. The van der Waals surface area contributed by atoms with Crippen molar-refractivity contribution in [2.45, 2.75) is 267 Å². The number of hydrogen-bond acceptors (Lipinski definition) is 30. The van der Waals surface area contributed by atoms with Crippen LogP contribution in [-0.4, -0.2) is 333 Å². The van der Waals surface area contributed by atoms with Gasteiger partial charge in [-0.25, -0.2) is 4.79 Å². The Morgan fingerprint density at radius 1 is 0.419 bits per heavy atom. The summed E-state index contributed by atoms with van der Waals surface area (Å²) in [6.07, 6.45) is 1.39. The molecule has 1 aliphatic rings. The first-order chi connectivity index (χ1) is 64.4. The molecule has 32 N–H and O–H groups in total. The number of phenolic OH excluding ortho intramolecular Hbond substituents is 1. The zero-order valence-corrected chi connectivity index (χ0v) is 79.2. The van der Waals surface area contributed by atoms with Gasteiger partial charge in [0.1, 0.15) is 102 Å². The van der Waals surface area contributed by atoms with E-state index < -0.39 is 278 Å². The first kappa shape index (κ1) is 118. The summed E-state index contributed by atoms with van der Waals surface area (Å²) in [6, 6.07) is -12.0. The maximum atomic E-state index is 14.5. The standard InChI is InChI=1S/C87H142N22O26S/c1-10-47(6)69(84(131)100-59(36-51-21-12-11-13-22-51)78(125)108-70(50(9)114)85(132)104-63(43-113)87(134)135)107-77(124)58(37-52-27-29-53(115)30-28-52)96-67(117)39-92-73(120)60(40-110)101-72(119)49(8)95-74(121)55(24-15-18-32-89)97-81(128)64(44-136)105-79(126)61(41-111)103-76(123)57(35-45(2)3)99-75(122)56(25-16-19-33-90)98-83(130)68(46(4)5)106-80(127)62(42-112)102-71(118)48(7)94-66(116)38-93-82(129)65-26-20-34-109(65)86(133)54(91)23-14-17-31-88/h11-13,21-22,27-30,45-50,54-65,68-70,110-115,136H,10,14-20,23-26,31-44,88-91H2,1-9H3,(H,92,120)(H,93,129)(H,94,116)(H,95,121)(H,96,117)(H,97,128)(H,98,130)(H,99,122)(H,100,131)(H,101,119)(H,102,118)(H,103,123)(H,104,132)(H,105,126)(H,106,127)(H,107,124)(H,108,125)(H,134,135)/t47-,48-,49-,50+,54-,55-,56-,57-,58-,59-,60-,61-,62-,63-,64-,65-,68-,69-,70-/m0/s1. The van der Waals surface area contributed by atoms with Crippen LogP contribution in [0.3, 0.4) is 0 Å². The van der Waals surface area contributed by atoms with Crippen LogP contribution >= 0.6 is 12.6 Å². The van der Waals surface area contributed by atoms with Crippen LogP contribution in [0, 0.1) is 17.8 Å². The van der Waals surface area contributed by atoms with Gasteiger partial charge in [0.25, 0.3) is 0 Å². The van der Waals surface area contributed by atoms with Gasteiger partial charge in [-0.15, -0.1) is 0 Å². The fourth-order valence-electron chi connectivity index (χ4n) is 13.9. The van der Waals surface area contributed by atoms with E-state index in [-0.39, 0.29) is 82.7 Å². The van der Waals surface area contributed by atoms with E-state index in [9.17, 15) is 127 Å². The molecular formula is C87H142N22O26S. The fraction of sp³-hybridized carbons (Fsp3) is 0.644. The lowest BCUT2D eigenvalue weighted by atomic mass is 9.96. The Morgan fingerprint density at radius 3 is 1.32 bits per heavy atom. The van der Waals surface area contributed by atoms with E-state index in [4.69, 9.17) is 22.9 Å². The number of aliphatic hydroxyl groups excluding tert-OH is 5. The molecule has 1 aliphatic heterocycles. The number of thiol groups is 1. The van der Waals surface area contributed by atoms with Crippen molar-refractivity contribution in [2.75, 3.05) is 71.4 Å². The smallest absolute Gasteiger partial charge is 0.328 e. The maximum absolute atomic E-state index is 14.5. The molecule has 0 saturated carbocycles.